The van der Waals surface area contributed by atoms with Crippen molar-refractivity contribution in [3.63, 3.8) is 0 Å². The molecule has 0 fully saturated rings. The maximum atomic E-state index is 11.4. The molecular weight excluding hydrogens is 266 g/mol. The Hall–Kier alpha value is -2.00. The van der Waals surface area contributed by atoms with Crippen molar-refractivity contribution in [1.82, 2.24) is 4.57 Å². The summed E-state index contributed by atoms with van der Waals surface area (Å²) in [6.07, 6.45) is 2.98. The molecule has 2 aromatic carbocycles. The van der Waals surface area contributed by atoms with Crippen LogP contribution in [0, 0.1) is 0 Å². The molecule has 3 heteroatoms. The lowest BCUT2D eigenvalue weighted by Crippen LogP contribution is -2.01. The predicted octanol–water partition coefficient (Wildman–Crippen LogP) is 4.22. The highest BCUT2D eigenvalue weighted by atomic mass is 32.2. The first-order valence-corrected chi connectivity index (χ1v) is 7.72. The minimum atomic E-state index is 0.783. The van der Waals surface area contributed by atoms with Crippen LogP contribution in [-0.2, 0) is 6.54 Å². The van der Waals surface area contributed by atoms with Crippen LogP contribution in [-0.4, -0.2) is 17.1 Å². The summed E-state index contributed by atoms with van der Waals surface area (Å²) in [4.78, 5) is 11.4. The van der Waals surface area contributed by atoms with E-state index >= 15 is 0 Å². The van der Waals surface area contributed by atoms with E-state index in [2.05, 4.69) is 22.8 Å². The van der Waals surface area contributed by atoms with Gasteiger partial charge in [0.05, 0.1) is 10.6 Å². The van der Waals surface area contributed by atoms with Gasteiger partial charge < -0.3 is 4.57 Å². The zero-order chi connectivity index (χ0) is 13.9. The van der Waals surface area contributed by atoms with Gasteiger partial charge in [-0.25, -0.2) is 0 Å². The predicted molar refractivity (Wildman–Crippen MR) is 84.7 cm³/mol. The molecule has 0 saturated carbocycles. The van der Waals surface area contributed by atoms with Crippen molar-refractivity contribution < 1.29 is 4.79 Å². The summed E-state index contributed by atoms with van der Waals surface area (Å²) >= 11 is 1.62. The summed E-state index contributed by atoms with van der Waals surface area (Å²) < 4.78 is 2.22. The van der Waals surface area contributed by atoms with Gasteiger partial charge in [-0.3, -0.25) is 4.79 Å². The van der Waals surface area contributed by atoms with Crippen LogP contribution in [0.5, 0.6) is 0 Å². The van der Waals surface area contributed by atoms with Crippen molar-refractivity contribution in [1.29, 1.82) is 0 Å². The first-order valence-electron chi connectivity index (χ1n) is 6.49. The van der Waals surface area contributed by atoms with Crippen molar-refractivity contribution in [2.24, 2.45) is 0 Å². The number of hydrogen-bond acceptors (Lipinski definition) is 2. The highest BCUT2D eigenvalue weighted by Crippen LogP contribution is 2.31. The van der Waals surface area contributed by atoms with E-state index in [9.17, 15) is 4.79 Å². The molecule has 1 heterocycles. The summed E-state index contributed by atoms with van der Waals surface area (Å²) in [6, 6.07) is 18.4. The van der Waals surface area contributed by atoms with E-state index in [0.717, 1.165) is 34.3 Å². The summed E-state index contributed by atoms with van der Waals surface area (Å²) in [5, 5.41) is 2.06. The molecule has 0 bridgehead atoms. The number of para-hydroxylation sites is 1. The number of aldehydes is 1. The van der Waals surface area contributed by atoms with Crippen LogP contribution in [0.4, 0.5) is 0 Å². The van der Waals surface area contributed by atoms with Crippen LogP contribution < -0.4 is 0 Å². The molecular formula is C17H15NOS. The fraction of sp³-hybridized carbons (Fsp3) is 0.118. The van der Waals surface area contributed by atoms with Gasteiger partial charge in [-0.1, -0.05) is 48.5 Å². The SMILES string of the molecule is CSc1c(C=O)c2ccccc2n1Cc1ccccc1. The van der Waals surface area contributed by atoms with E-state index in [1.807, 2.05) is 42.7 Å². The molecule has 0 unspecified atom stereocenters. The van der Waals surface area contributed by atoms with E-state index in [0.29, 0.717) is 0 Å². The summed E-state index contributed by atoms with van der Waals surface area (Å²) in [7, 11) is 0. The normalized spacial score (nSPS) is 10.8. The van der Waals surface area contributed by atoms with Crippen molar-refractivity contribution in [3.05, 3.63) is 65.7 Å². The van der Waals surface area contributed by atoms with Crippen LogP contribution in [0.2, 0.25) is 0 Å². The largest absolute Gasteiger partial charge is 0.331 e. The van der Waals surface area contributed by atoms with Crippen LogP contribution in [0.15, 0.2) is 59.6 Å². The molecule has 3 rings (SSSR count). The fourth-order valence-corrected chi connectivity index (χ4v) is 3.33. The van der Waals surface area contributed by atoms with Gasteiger partial charge >= 0.3 is 0 Å². The van der Waals surface area contributed by atoms with Gasteiger partial charge in [0.25, 0.3) is 0 Å². The highest BCUT2D eigenvalue weighted by molar-refractivity contribution is 7.98. The topological polar surface area (TPSA) is 22.0 Å². The highest BCUT2D eigenvalue weighted by Gasteiger charge is 2.15. The molecule has 0 saturated heterocycles. The molecule has 3 aromatic rings. The third-order valence-corrected chi connectivity index (χ3v) is 4.28. The molecule has 2 nitrogen and oxygen atoms in total. The maximum Gasteiger partial charge on any atom is 0.153 e. The number of rotatable bonds is 4. The summed E-state index contributed by atoms with van der Waals surface area (Å²) in [6.45, 7) is 0.783. The molecule has 0 aliphatic heterocycles. The average Bonchev–Trinajstić information content (AvgIpc) is 2.81. The Bertz CT molecular complexity index is 746. The number of hydrogen-bond donors (Lipinski definition) is 0. The van der Waals surface area contributed by atoms with Crippen LogP contribution in [0.25, 0.3) is 10.9 Å². The summed E-state index contributed by atoms with van der Waals surface area (Å²) in [5.74, 6) is 0. The van der Waals surface area contributed by atoms with Gasteiger partial charge in [0.15, 0.2) is 6.29 Å². The minimum Gasteiger partial charge on any atom is -0.331 e. The second kappa shape index (κ2) is 5.55. The first kappa shape index (κ1) is 13.0. The molecule has 0 amide bonds. The molecule has 100 valence electrons. The number of aromatic nitrogens is 1. The number of fused-ring (bicyclic) bond motifs is 1. The second-order valence-corrected chi connectivity index (χ2v) is 5.42. The lowest BCUT2D eigenvalue weighted by molar-refractivity contribution is 0.112. The molecule has 0 aliphatic rings. The summed E-state index contributed by atoms with van der Waals surface area (Å²) in [5.41, 5.74) is 3.15. The molecule has 0 radical (unpaired) electrons. The fourth-order valence-electron chi connectivity index (χ4n) is 2.56. The Kier molecular flexibility index (Phi) is 3.61. The van der Waals surface area contributed by atoms with Gasteiger partial charge in [-0.2, -0.15) is 0 Å². The van der Waals surface area contributed by atoms with E-state index < -0.39 is 0 Å². The van der Waals surface area contributed by atoms with Crippen molar-refractivity contribution in [3.8, 4) is 0 Å². The molecule has 1 aromatic heterocycles. The van der Waals surface area contributed by atoms with Crippen LogP contribution in [0.1, 0.15) is 15.9 Å². The molecule has 0 spiro atoms. The third-order valence-electron chi connectivity index (χ3n) is 3.46. The smallest absolute Gasteiger partial charge is 0.153 e. The standard InChI is InChI=1S/C17H15NOS/c1-20-17-15(12-19)14-9-5-6-10-16(14)18(17)11-13-7-3-2-4-8-13/h2-10,12H,11H2,1H3. The Morgan fingerprint density at radius 1 is 1.05 bits per heavy atom. The number of carbonyl (C=O) groups is 1. The van der Waals surface area contributed by atoms with Gasteiger partial charge in [0.1, 0.15) is 0 Å². The third kappa shape index (κ3) is 2.14. The molecule has 0 N–H and O–H groups in total. The monoisotopic (exact) mass is 281 g/mol. The van der Waals surface area contributed by atoms with Gasteiger partial charge in [0.2, 0.25) is 0 Å². The van der Waals surface area contributed by atoms with E-state index in [4.69, 9.17) is 0 Å². The molecule has 0 aliphatic carbocycles. The second-order valence-electron chi connectivity index (χ2n) is 4.63. The lowest BCUT2D eigenvalue weighted by atomic mass is 10.2. The van der Waals surface area contributed by atoms with Gasteiger partial charge in [-0.05, 0) is 17.9 Å². The van der Waals surface area contributed by atoms with Crippen molar-refractivity contribution in [2.75, 3.05) is 6.26 Å². The molecule has 20 heavy (non-hydrogen) atoms. The van der Waals surface area contributed by atoms with Gasteiger partial charge in [0, 0.05) is 17.4 Å². The Morgan fingerprint density at radius 3 is 2.45 bits per heavy atom. The number of nitrogens with zero attached hydrogens (tertiary/aromatic N) is 1. The van der Waals surface area contributed by atoms with E-state index in [1.54, 1.807) is 11.8 Å². The van der Waals surface area contributed by atoms with E-state index in [-0.39, 0.29) is 0 Å². The van der Waals surface area contributed by atoms with Crippen LogP contribution >= 0.6 is 11.8 Å². The number of thioether (sulfide) groups is 1. The quantitative estimate of drug-likeness (QED) is 0.527. The van der Waals surface area contributed by atoms with E-state index in [1.165, 1.54) is 5.56 Å². The Balaban J connectivity index is 2.21. The first-order chi connectivity index (χ1) is 9.85. The lowest BCUT2D eigenvalue weighted by Gasteiger charge is -2.09. The van der Waals surface area contributed by atoms with Gasteiger partial charge in [-0.15, -0.1) is 11.8 Å². The Labute approximate surface area is 122 Å². The molecule has 0 atom stereocenters. The zero-order valence-corrected chi connectivity index (χ0v) is 12.1. The number of carbonyl (C=O) groups excluding carboxylic acids is 1. The maximum absolute atomic E-state index is 11.4. The Morgan fingerprint density at radius 2 is 1.75 bits per heavy atom. The van der Waals surface area contributed by atoms with Crippen molar-refractivity contribution >= 4 is 29.0 Å². The average molecular weight is 281 g/mol. The number of benzene rings is 2. The van der Waals surface area contributed by atoms with Crippen LogP contribution in [0.3, 0.4) is 0 Å². The minimum absolute atomic E-state index is 0.783. The van der Waals surface area contributed by atoms with Crippen molar-refractivity contribution in [2.45, 2.75) is 11.6 Å². The zero-order valence-electron chi connectivity index (χ0n) is 11.2.